The number of carbonyl (C=O) groups is 1. The Hall–Kier alpha value is -1.55. The van der Waals surface area contributed by atoms with Gasteiger partial charge < -0.3 is 15.4 Å². The first kappa shape index (κ1) is 12.5. The molecule has 0 aliphatic heterocycles. The molecule has 88 valence electrons. The average Bonchev–Trinajstić information content (AvgIpc) is 2.28. The lowest BCUT2D eigenvalue weighted by atomic mass is 10.3. The van der Waals surface area contributed by atoms with E-state index in [0.717, 1.165) is 17.9 Å². The van der Waals surface area contributed by atoms with Crippen molar-refractivity contribution < 1.29 is 9.53 Å². The van der Waals surface area contributed by atoms with Crippen molar-refractivity contribution in [3.8, 4) is 5.75 Å². The molecule has 0 saturated heterocycles. The molecular formula is C12H18N2O2. The Morgan fingerprint density at radius 1 is 1.31 bits per heavy atom. The molecule has 4 heteroatoms. The van der Waals surface area contributed by atoms with E-state index in [-0.39, 0.29) is 5.91 Å². The second-order valence-electron chi connectivity index (χ2n) is 3.45. The highest BCUT2D eigenvalue weighted by Gasteiger charge is 2.00. The van der Waals surface area contributed by atoms with Gasteiger partial charge in [-0.15, -0.1) is 0 Å². The van der Waals surface area contributed by atoms with Crippen LogP contribution >= 0.6 is 0 Å². The van der Waals surface area contributed by atoms with Gasteiger partial charge in [-0.1, -0.05) is 6.92 Å². The number of hydrogen-bond acceptors (Lipinski definition) is 3. The van der Waals surface area contributed by atoms with Crippen molar-refractivity contribution in [1.29, 1.82) is 0 Å². The van der Waals surface area contributed by atoms with E-state index >= 15 is 0 Å². The summed E-state index contributed by atoms with van der Waals surface area (Å²) in [5, 5.41) is 5.56. The number of likely N-dealkylation sites (N-methyl/N-ethyl adjacent to an activating group) is 1. The first-order chi connectivity index (χ1) is 7.76. The van der Waals surface area contributed by atoms with Crippen molar-refractivity contribution in [1.82, 2.24) is 5.32 Å². The summed E-state index contributed by atoms with van der Waals surface area (Å²) in [6, 6.07) is 7.37. The molecule has 0 atom stereocenters. The van der Waals surface area contributed by atoms with Gasteiger partial charge in [-0.25, -0.2) is 0 Å². The van der Waals surface area contributed by atoms with E-state index in [9.17, 15) is 4.79 Å². The molecule has 2 N–H and O–H groups in total. The van der Waals surface area contributed by atoms with Crippen LogP contribution in [0.15, 0.2) is 24.3 Å². The van der Waals surface area contributed by atoms with Gasteiger partial charge in [0.25, 0.3) is 0 Å². The summed E-state index contributed by atoms with van der Waals surface area (Å²) in [5.74, 6) is 0.776. The summed E-state index contributed by atoms with van der Waals surface area (Å²) < 4.78 is 5.44. The van der Waals surface area contributed by atoms with Gasteiger partial charge in [0.05, 0.1) is 13.2 Å². The van der Waals surface area contributed by atoms with Gasteiger partial charge in [0, 0.05) is 5.69 Å². The molecule has 0 radical (unpaired) electrons. The molecule has 16 heavy (non-hydrogen) atoms. The normalized spacial score (nSPS) is 9.88. The summed E-state index contributed by atoms with van der Waals surface area (Å²) in [6.07, 6.45) is 0.987. The lowest BCUT2D eigenvalue weighted by Gasteiger charge is -2.07. The number of carbonyl (C=O) groups excluding carboxylic acids is 1. The van der Waals surface area contributed by atoms with E-state index in [0.29, 0.717) is 13.2 Å². The molecular weight excluding hydrogens is 204 g/mol. The molecule has 0 saturated carbocycles. The van der Waals surface area contributed by atoms with E-state index in [4.69, 9.17) is 4.74 Å². The van der Waals surface area contributed by atoms with Gasteiger partial charge >= 0.3 is 0 Å². The summed E-state index contributed by atoms with van der Waals surface area (Å²) >= 11 is 0. The molecule has 0 spiro atoms. The quantitative estimate of drug-likeness (QED) is 0.769. The third-order valence-electron chi connectivity index (χ3n) is 1.95. The fourth-order valence-corrected chi connectivity index (χ4v) is 1.22. The Kier molecular flexibility index (Phi) is 5.36. The highest BCUT2D eigenvalue weighted by molar-refractivity contribution is 5.92. The largest absolute Gasteiger partial charge is 0.494 e. The van der Waals surface area contributed by atoms with E-state index in [1.54, 1.807) is 7.05 Å². The Morgan fingerprint density at radius 3 is 2.56 bits per heavy atom. The number of ether oxygens (including phenoxy) is 1. The van der Waals surface area contributed by atoms with Gasteiger partial charge in [0.1, 0.15) is 5.75 Å². The zero-order chi connectivity index (χ0) is 11.8. The van der Waals surface area contributed by atoms with Crippen LogP contribution in [0.5, 0.6) is 5.75 Å². The van der Waals surface area contributed by atoms with Crippen LogP contribution in [0.25, 0.3) is 0 Å². The maximum atomic E-state index is 11.3. The molecule has 1 amide bonds. The van der Waals surface area contributed by atoms with Crippen molar-refractivity contribution in [3.63, 3.8) is 0 Å². The summed E-state index contributed by atoms with van der Waals surface area (Å²) in [6.45, 7) is 3.09. The molecule has 0 unspecified atom stereocenters. The summed E-state index contributed by atoms with van der Waals surface area (Å²) in [5.41, 5.74) is 0.782. The second-order valence-corrected chi connectivity index (χ2v) is 3.45. The number of hydrogen-bond donors (Lipinski definition) is 2. The Balaban J connectivity index is 2.47. The summed E-state index contributed by atoms with van der Waals surface area (Å²) in [7, 11) is 1.74. The van der Waals surface area contributed by atoms with E-state index < -0.39 is 0 Å². The van der Waals surface area contributed by atoms with Crippen molar-refractivity contribution in [2.24, 2.45) is 0 Å². The van der Waals surface area contributed by atoms with E-state index in [1.807, 2.05) is 24.3 Å². The van der Waals surface area contributed by atoms with Gasteiger partial charge in [0.15, 0.2) is 0 Å². The van der Waals surface area contributed by atoms with Crippen LogP contribution in [0.3, 0.4) is 0 Å². The van der Waals surface area contributed by atoms with Crippen LogP contribution in [-0.4, -0.2) is 26.1 Å². The van der Waals surface area contributed by atoms with Crippen molar-refractivity contribution >= 4 is 11.6 Å². The third kappa shape index (κ3) is 4.31. The predicted octanol–water partition coefficient (Wildman–Crippen LogP) is 1.63. The van der Waals surface area contributed by atoms with Crippen molar-refractivity contribution in [3.05, 3.63) is 24.3 Å². The lowest BCUT2D eigenvalue weighted by molar-refractivity contribution is -0.115. The highest BCUT2D eigenvalue weighted by Crippen LogP contribution is 2.15. The number of rotatable bonds is 6. The number of anilines is 1. The van der Waals surface area contributed by atoms with Gasteiger partial charge in [0.2, 0.25) is 5.91 Å². The average molecular weight is 222 g/mol. The zero-order valence-corrected chi connectivity index (χ0v) is 9.75. The fraction of sp³-hybridized carbons (Fsp3) is 0.417. The van der Waals surface area contributed by atoms with Crippen LogP contribution in [-0.2, 0) is 4.79 Å². The zero-order valence-electron chi connectivity index (χ0n) is 9.75. The summed E-state index contributed by atoms with van der Waals surface area (Å²) in [4.78, 5) is 11.3. The minimum absolute atomic E-state index is 0.0512. The van der Waals surface area contributed by atoms with Crippen molar-refractivity contribution in [2.45, 2.75) is 13.3 Å². The molecule has 0 aliphatic carbocycles. The third-order valence-corrected chi connectivity index (χ3v) is 1.95. The van der Waals surface area contributed by atoms with Crippen LogP contribution < -0.4 is 15.4 Å². The van der Waals surface area contributed by atoms with E-state index in [2.05, 4.69) is 17.6 Å². The molecule has 1 aromatic rings. The van der Waals surface area contributed by atoms with Crippen LogP contribution in [0.1, 0.15) is 13.3 Å². The highest BCUT2D eigenvalue weighted by atomic mass is 16.5. The minimum atomic E-state index is -0.0512. The van der Waals surface area contributed by atoms with Crippen LogP contribution in [0, 0.1) is 0 Å². The molecule has 1 aromatic carbocycles. The molecule has 4 nitrogen and oxygen atoms in total. The number of benzene rings is 1. The lowest BCUT2D eigenvalue weighted by Crippen LogP contribution is -2.24. The van der Waals surface area contributed by atoms with Gasteiger partial charge in [-0.05, 0) is 37.7 Å². The maximum Gasteiger partial charge on any atom is 0.238 e. The SMILES string of the molecule is CCCOc1ccc(NC(=O)CNC)cc1. The van der Waals surface area contributed by atoms with Crippen LogP contribution in [0.4, 0.5) is 5.69 Å². The minimum Gasteiger partial charge on any atom is -0.494 e. The predicted molar refractivity (Wildman–Crippen MR) is 64.8 cm³/mol. The number of nitrogens with one attached hydrogen (secondary N) is 2. The molecule has 0 heterocycles. The molecule has 0 aromatic heterocycles. The number of amides is 1. The monoisotopic (exact) mass is 222 g/mol. The standard InChI is InChI=1S/C12H18N2O2/c1-3-8-16-11-6-4-10(5-7-11)14-12(15)9-13-2/h4-7,13H,3,8-9H2,1-2H3,(H,14,15). The topological polar surface area (TPSA) is 50.4 Å². The Bertz CT molecular complexity index is 322. The fourth-order valence-electron chi connectivity index (χ4n) is 1.22. The van der Waals surface area contributed by atoms with Crippen LogP contribution in [0.2, 0.25) is 0 Å². The molecule has 0 aliphatic rings. The van der Waals surface area contributed by atoms with Crippen molar-refractivity contribution in [2.75, 3.05) is 25.5 Å². The first-order valence-corrected chi connectivity index (χ1v) is 5.43. The Labute approximate surface area is 96.0 Å². The Morgan fingerprint density at radius 2 is 2.00 bits per heavy atom. The molecule has 1 rings (SSSR count). The smallest absolute Gasteiger partial charge is 0.238 e. The van der Waals surface area contributed by atoms with E-state index in [1.165, 1.54) is 0 Å². The van der Waals surface area contributed by atoms with Gasteiger partial charge in [-0.2, -0.15) is 0 Å². The molecule has 0 bridgehead atoms. The maximum absolute atomic E-state index is 11.3. The first-order valence-electron chi connectivity index (χ1n) is 5.43. The second kappa shape index (κ2) is 6.85. The molecule has 0 fully saturated rings. The van der Waals surface area contributed by atoms with Gasteiger partial charge in [-0.3, -0.25) is 4.79 Å².